The lowest BCUT2D eigenvalue weighted by Crippen LogP contribution is -2.11. The highest BCUT2D eigenvalue weighted by Gasteiger charge is 2.14. The van der Waals surface area contributed by atoms with Crippen molar-refractivity contribution < 1.29 is 14.7 Å². The Morgan fingerprint density at radius 3 is 2.81 bits per heavy atom. The van der Waals surface area contributed by atoms with E-state index in [0.29, 0.717) is 5.56 Å². The van der Waals surface area contributed by atoms with Crippen LogP contribution >= 0.6 is 0 Å². The molecule has 0 aliphatic rings. The van der Waals surface area contributed by atoms with Gasteiger partial charge in [0.25, 0.3) is 0 Å². The van der Waals surface area contributed by atoms with Crippen LogP contribution in [0.15, 0.2) is 24.8 Å². The summed E-state index contributed by atoms with van der Waals surface area (Å²) in [6.45, 7) is 5.52. The molecule has 0 radical (unpaired) electrons. The third kappa shape index (κ3) is 2.66. The summed E-state index contributed by atoms with van der Waals surface area (Å²) >= 11 is 0. The molecule has 0 saturated carbocycles. The highest BCUT2D eigenvalue weighted by Crippen LogP contribution is 2.15. The van der Waals surface area contributed by atoms with Crippen LogP contribution in [-0.4, -0.2) is 11.1 Å². The van der Waals surface area contributed by atoms with Gasteiger partial charge in [-0.1, -0.05) is 31.7 Å². The van der Waals surface area contributed by atoms with Gasteiger partial charge in [0.1, 0.15) is 0 Å². The summed E-state index contributed by atoms with van der Waals surface area (Å²) in [7, 11) is 0. The minimum atomic E-state index is -1.12. The number of rotatable bonds is 4. The van der Waals surface area contributed by atoms with Gasteiger partial charge >= 0.3 is 11.1 Å². The molecule has 16 heavy (non-hydrogen) atoms. The zero-order valence-corrected chi connectivity index (χ0v) is 8.80. The Morgan fingerprint density at radius 2 is 2.31 bits per heavy atom. The monoisotopic (exact) mass is 221 g/mol. The second kappa shape index (κ2) is 5.06. The van der Waals surface area contributed by atoms with E-state index < -0.39 is 11.1 Å². The maximum atomic E-state index is 11.3. The van der Waals surface area contributed by atoms with Crippen molar-refractivity contribution in [2.24, 2.45) is 0 Å². The summed E-state index contributed by atoms with van der Waals surface area (Å²) in [5, 5.41) is 8.92. The van der Waals surface area contributed by atoms with Crippen molar-refractivity contribution in [3.8, 4) is 0 Å². The number of carbonyl (C=O) groups excluding carboxylic acids is 1. The van der Waals surface area contributed by atoms with E-state index >= 15 is 0 Å². The zero-order valence-electron chi connectivity index (χ0n) is 8.80. The van der Waals surface area contributed by atoms with E-state index in [0.717, 1.165) is 12.0 Å². The number of nitrogens with zero attached hydrogens (tertiary/aromatic N) is 1. The van der Waals surface area contributed by atoms with Gasteiger partial charge in [-0.15, -0.1) is 10.1 Å². The first-order valence-electron chi connectivity index (χ1n) is 4.70. The van der Waals surface area contributed by atoms with E-state index in [9.17, 15) is 14.9 Å². The molecule has 0 heterocycles. The van der Waals surface area contributed by atoms with Crippen molar-refractivity contribution in [3.63, 3.8) is 0 Å². The summed E-state index contributed by atoms with van der Waals surface area (Å²) in [5.41, 5.74) is 1.70. The topological polar surface area (TPSA) is 69.4 Å². The SMILES string of the molecule is C=Cc1cc(CC)ccc1C(=O)O[N+](=O)[O-]. The minimum Gasteiger partial charge on any atom is -0.263 e. The molecule has 0 amide bonds. The Labute approximate surface area is 92.4 Å². The van der Waals surface area contributed by atoms with Gasteiger partial charge in [0.15, 0.2) is 0 Å². The summed E-state index contributed by atoms with van der Waals surface area (Å²) in [6.07, 6.45) is 2.28. The van der Waals surface area contributed by atoms with Gasteiger partial charge in [-0.3, -0.25) is 4.79 Å². The lowest BCUT2D eigenvalue weighted by atomic mass is 10.0. The van der Waals surface area contributed by atoms with Gasteiger partial charge in [-0.2, -0.15) is 0 Å². The summed E-state index contributed by atoms with van der Waals surface area (Å²) in [6, 6.07) is 4.98. The predicted octanol–water partition coefficient (Wildman–Crippen LogP) is 2.24. The van der Waals surface area contributed by atoms with Crippen LogP contribution in [-0.2, 0) is 11.3 Å². The van der Waals surface area contributed by atoms with Gasteiger partial charge < -0.3 is 0 Å². The Bertz CT molecular complexity index is 440. The number of carbonyl (C=O) groups is 1. The van der Waals surface area contributed by atoms with Gasteiger partial charge in [0.2, 0.25) is 0 Å². The molecule has 0 aliphatic carbocycles. The van der Waals surface area contributed by atoms with Gasteiger partial charge in [0, 0.05) is 0 Å². The zero-order chi connectivity index (χ0) is 12.1. The normalized spacial score (nSPS) is 9.56. The highest BCUT2D eigenvalue weighted by molar-refractivity contribution is 5.93. The Kier molecular flexibility index (Phi) is 3.77. The van der Waals surface area contributed by atoms with Crippen molar-refractivity contribution in [3.05, 3.63) is 51.6 Å². The van der Waals surface area contributed by atoms with Crippen molar-refractivity contribution in [2.75, 3.05) is 0 Å². The van der Waals surface area contributed by atoms with E-state index in [1.807, 2.05) is 6.92 Å². The van der Waals surface area contributed by atoms with Crippen LogP contribution in [0.5, 0.6) is 0 Å². The Morgan fingerprint density at radius 1 is 1.62 bits per heavy atom. The molecular formula is C11H11NO4. The van der Waals surface area contributed by atoms with Crippen LogP contribution < -0.4 is 0 Å². The van der Waals surface area contributed by atoms with E-state index in [1.54, 1.807) is 12.1 Å². The second-order valence-electron chi connectivity index (χ2n) is 3.08. The maximum Gasteiger partial charge on any atom is 0.335 e. The van der Waals surface area contributed by atoms with Crippen LogP contribution in [0.2, 0.25) is 0 Å². The lowest BCUT2D eigenvalue weighted by molar-refractivity contribution is -0.727. The smallest absolute Gasteiger partial charge is 0.263 e. The summed E-state index contributed by atoms with van der Waals surface area (Å²) in [5.74, 6) is -0.984. The average Bonchev–Trinajstić information content (AvgIpc) is 2.27. The van der Waals surface area contributed by atoms with Crippen LogP contribution in [0, 0.1) is 10.1 Å². The Hall–Kier alpha value is -2.17. The first-order chi connectivity index (χ1) is 7.58. The molecule has 1 rings (SSSR count). The van der Waals surface area contributed by atoms with Crippen LogP contribution in [0.1, 0.15) is 28.4 Å². The van der Waals surface area contributed by atoms with Gasteiger partial charge in [-0.25, -0.2) is 4.84 Å². The van der Waals surface area contributed by atoms with Crippen molar-refractivity contribution >= 4 is 12.0 Å². The molecule has 0 bridgehead atoms. The molecule has 84 valence electrons. The third-order valence-corrected chi connectivity index (χ3v) is 2.12. The van der Waals surface area contributed by atoms with E-state index in [-0.39, 0.29) is 5.56 Å². The van der Waals surface area contributed by atoms with Crippen molar-refractivity contribution in [1.82, 2.24) is 0 Å². The van der Waals surface area contributed by atoms with Crippen LogP contribution in [0.3, 0.4) is 0 Å². The van der Waals surface area contributed by atoms with Crippen molar-refractivity contribution in [1.29, 1.82) is 0 Å². The largest absolute Gasteiger partial charge is 0.335 e. The highest BCUT2D eigenvalue weighted by atomic mass is 17.0. The van der Waals surface area contributed by atoms with Crippen molar-refractivity contribution in [2.45, 2.75) is 13.3 Å². The van der Waals surface area contributed by atoms with Gasteiger partial charge in [-0.05, 0) is 23.6 Å². The van der Waals surface area contributed by atoms with Gasteiger partial charge in [0.05, 0.1) is 5.56 Å². The molecular weight excluding hydrogens is 210 g/mol. The van der Waals surface area contributed by atoms with E-state index in [2.05, 4.69) is 11.4 Å². The molecule has 1 aromatic rings. The summed E-state index contributed by atoms with van der Waals surface area (Å²) in [4.78, 5) is 25.3. The second-order valence-corrected chi connectivity index (χ2v) is 3.08. The molecule has 5 nitrogen and oxygen atoms in total. The molecule has 0 unspecified atom stereocenters. The fourth-order valence-corrected chi connectivity index (χ4v) is 1.30. The number of benzene rings is 1. The standard InChI is InChI=1S/C11H11NO4/c1-3-8-5-6-10(9(4-2)7-8)11(13)16-12(14)15/h4-7H,2-3H2,1H3. The predicted molar refractivity (Wildman–Crippen MR) is 58.3 cm³/mol. The van der Waals surface area contributed by atoms with E-state index in [4.69, 9.17) is 0 Å². The average molecular weight is 221 g/mol. The van der Waals surface area contributed by atoms with Crippen LogP contribution in [0.4, 0.5) is 0 Å². The quantitative estimate of drug-likeness (QED) is 0.577. The summed E-state index contributed by atoms with van der Waals surface area (Å²) < 4.78 is 0. The van der Waals surface area contributed by atoms with E-state index in [1.165, 1.54) is 12.1 Å². The molecule has 0 aliphatic heterocycles. The first kappa shape index (κ1) is 11.9. The molecule has 0 fully saturated rings. The molecule has 0 N–H and O–H groups in total. The van der Waals surface area contributed by atoms with Crippen LogP contribution in [0.25, 0.3) is 6.08 Å². The molecule has 5 heteroatoms. The molecule has 0 atom stereocenters. The number of aryl methyl sites for hydroxylation is 1. The molecule has 0 saturated heterocycles. The maximum absolute atomic E-state index is 11.3. The number of hydrogen-bond donors (Lipinski definition) is 0. The molecule has 0 aromatic heterocycles. The first-order valence-corrected chi connectivity index (χ1v) is 4.70. The number of hydrogen-bond acceptors (Lipinski definition) is 4. The third-order valence-electron chi connectivity index (χ3n) is 2.12. The Balaban J connectivity index is 3.08. The molecule has 1 aromatic carbocycles. The lowest BCUT2D eigenvalue weighted by Gasteiger charge is -2.05. The minimum absolute atomic E-state index is 0.143. The fourth-order valence-electron chi connectivity index (χ4n) is 1.30. The molecule has 0 spiro atoms. The fraction of sp³-hybridized carbons (Fsp3) is 0.182.